The van der Waals surface area contributed by atoms with Crippen molar-refractivity contribution in [1.82, 2.24) is 4.98 Å². The number of amides is 1. The van der Waals surface area contributed by atoms with Crippen LogP contribution in [0.2, 0.25) is 0 Å². The predicted octanol–water partition coefficient (Wildman–Crippen LogP) is 4.66. The van der Waals surface area contributed by atoms with Crippen LogP contribution in [0.15, 0.2) is 54.8 Å². The summed E-state index contributed by atoms with van der Waals surface area (Å²) in [5.74, 6) is -0.664. The number of halogens is 4. The van der Waals surface area contributed by atoms with Crippen LogP contribution in [0.25, 0.3) is 6.08 Å². The van der Waals surface area contributed by atoms with Crippen LogP contribution in [0.3, 0.4) is 0 Å². The minimum atomic E-state index is -4.43. The number of nitrogens with zero attached hydrogens (tertiary/aromatic N) is 2. The van der Waals surface area contributed by atoms with Crippen LogP contribution in [-0.4, -0.2) is 24.0 Å². The number of carbonyl (C=O) groups is 1. The lowest BCUT2D eigenvalue weighted by atomic mass is 10.1. The van der Waals surface area contributed by atoms with Gasteiger partial charge in [-0.25, -0.2) is 9.37 Å². The van der Waals surface area contributed by atoms with Gasteiger partial charge in [0, 0.05) is 30.5 Å². The Morgan fingerprint density at radius 3 is 2.50 bits per heavy atom. The molecule has 1 aliphatic rings. The number of hydrogen-bond donors (Lipinski definition) is 1. The number of rotatable bonds is 4. The van der Waals surface area contributed by atoms with E-state index in [-0.39, 0.29) is 11.5 Å². The molecule has 0 unspecified atom stereocenters. The summed E-state index contributed by atoms with van der Waals surface area (Å²) < 4.78 is 51.9. The van der Waals surface area contributed by atoms with Gasteiger partial charge in [-0.15, -0.1) is 0 Å². The van der Waals surface area contributed by atoms with E-state index >= 15 is 0 Å². The molecule has 28 heavy (non-hydrogen) atoms. The smallest absolute Gasteiger partial charge is 0.350 e. The van der Waals surface area contributed by atoms with Crippen LogP contribution in [-0.2, 0) is 11.0 Å². The first-order chi connectivity index (χ1) is 13.3. The number of benzene rings is 1. The fraction of sp³-hybridized carbons (Fsp3) is 0.200. The molecule has 2 heterocycles. The maximum Gasteiger partial charge on any atom is 0.416 e. The van der Waals surface area contributed by atoms with Crippen LogP contribution >= 0.6 is 0 Å². The van der Waals surface area contributed by atoms with E-state index in [2.05, 4.69) is 16.9 Å². The number of hydrogen-bond acceptors (Lipinski definition) is 3. The topological polar surface area (TPSA) is 45.2 Å². The number of alkyl halides is 3. The van der Waals surface area contributed by atoms with Crippen LogP contribution < -0.4 is 10.2 Å². The van der Waals surface area contributed by atoms with E-state index in [0.29, 0.717) is 30.6 Å². The lowest BCUT2D eigenvalue weighted by Crippen LogP contribution is -2.32. The molecule has 0 spiro atoms. The van der Waals surface area contributed by atoms with Crippen LogP contribution in [0.5, 0.6) is 0 Å². The van der Waals surface area contributed by atoms with Crippen LogP contribution in [0.1, 0.15) is 17.5 Å². The van der Waals surface area contributed by atoms with E-state index in [0.717, 1.165) is 12.1 Å². The van der Waals surface area contributed by atoms with Crippen molar-refractivity contribution in [3.05, 3.63) is 71.7 Å². The SMILES string of the molecule is C=Cc1cnc(N2CC=C(C(=O)Nc3ccc(C(F)(F)F)cc3)CC2)c(F)c1. The van der Waals surface area contributed by atoms with Gasteiger partial charge in [0.25, 0.3) is 5.91 Å². The molecule has 8 heteroatoms. The first-order valence-corrected chi connectivity index (χ1v) is 8.48. The lowest BCUT2D eigenvalue weighted by molar-refractivity contribution is -0.137. The molecular weight excluding hydrogens is 374 g/mol. The summed E-state index contributed by atoms with van der Waals surface area (Å²) in [7, 11) is 0. The average Bonchev–Trinajstić information content (AvgIpc) is 2.67. The molecule has 146 valence electrons. The summed E-state index contributed by atoms with van der Waals surface area (Å²) in [6, 6.07) is 5.57. The highest BCUT2D eigenvalue weighted by Crippen LogP contribution is 2.30. The molecule has 0 atom stereocenters. The molecule has 0 bridgehead atoms. The Morgan fingerprint density at radius 2 is 1.96 bits per heavy atom. The lowest BCUT2D eigenvalue weighted by Gasteiger charge is -2.27. The monoisotopic (exact) mass is 391 g/mol. The maximum absolute atomic E-state index is 14.1. The van der Waals surface area contributed by atoms with Crippen molar-refractivity contribution < 1.29 is 22.4 Å². The predicted molar refractivity (Wildman–Crippen MR) is 99.3 cm³/mol. The van der Waals surface area contributed by atoms with E-state index in [1.54, 1.807) is 11.0 Å². The Labute approximate surface area is 159 Å². The summed E-state index contributed by atoms with van der Waals surface area (Å²) in [5.41, 5.74) is 0.550. The Hall–Kier alpha value is -3.16. The maximum atomic E-state index is 14.1. The fourth-order valence-corrected chi connectivity index (χ4v) is 2.81. The molecule has 0 saturated heterocycles. The minimum absolute atomic E-state index is 0.198. The second-order valence-corrected chi connectivity index (χ2v) is 6.23. The first-order valence-electron chi connectivity index (χ1n) is 8.48. The molecule has 0 saturated carbocycles. The van der Waals surface area contributed by atoms with Gasteiger partial charge in [-0.05, 0) is 42.3 Å². The molecule has 0 aliphatic carbocycles. The highest BCUT2D eigenvalue weighted by Gasteiger charge is 2.30. The average molecular weight is 391 g/mol. The van der Waals surface area contributed by atoms with Gasteiger partial charge in [0.1, 0.15) is 0 Å². The van der Waals surface area contributed by atoms with Gasteiger partial charge in [-0.1, -0.05) is 18.7 Å². The number of anilines is 2. The standard InChI is InChI=1S/C20H17F4N3O/c1-2-13-11-17(21)18(25-12-13)27-9-7-14(8-10-27)19(28)26-16-5-3-15(4-6-16)20(22,23)24/h2-7,11-12H,1,8-10H2,(H,26,28). The van der Waals surface area contributed by atoms with Gasteiger partial charge in [-0.3, -0.25) is 4.79 Å². The number of carbonyl (C=O) groups excluding carboxylic acids is 1. The van der Waals surface area contributed by atoms with Crippen LogP contribution in [0, 0.1) is 5.82 Å². The number of nitrogens with one attached hydrogen (secondary N) is 1. The van der Waals surface area contributed by atoms with Crippen LogP contribution in [0.4, 0.5) is 29.1 Å². The number of aromatic nitrogens is 1. The normalized spacial score (nSPS) is 14.4. The summed E-state index contributed by atoms with van der Waals surface area (Å²) in [6.07, 6.45) is 0.606. The van der Waals surface area contributed by atoms with Gasteiger partial charge in [0.05, 0.1) is 5.56 Å². The van der Waals surface area contributed by atoms with Gasteiger partial charge >= 0.3 is 6.18 Å². The van der Waals surface area contributed by atoms with Crippen molar-refractivity contribution >= 4 is 23.5 Å². The molecule has 0 fully saturated rings. The van der Waals surface area contributed by atoms with E-state index in [4.69, 9.17) is 0 Å². The quantitative estimate of drug-likeness (QED) is 0.772. The molecule has 1 aromatic heterocycles. The van der Waals surface area contributed by atoms with Gasteiger partial charge < -0.3 is 10.2 Å². The third-order valence-electron chi connectivity index (χ3n) is 4.35. The zero-order valence-corrected chi connectivity index (χ0v) is 14.8. The minimum Gasteiger partial charge on any atom is -0.350 e. The van der Waals surface area contributed by atoms with E-state index in [1.807, 2.05) is 0 Å². The van der Waals surface area contributed by atoms with Gasteiger partial charge in [0.2, 0.25) is 0 Å². The van der Waals surface area contributed by atoms with Crippen molar-refractivity contribution in [3.63, 3.8) is 0 Å². The van der Waals surface area contributed by atoms with E-state index in [1.165, 1.54) is 30.5 Å². The molecule has 3 rings (SSSR count). The van der Waals surface area contributed by atoms with Crippen molar-refractivity contribution in [2.24, 2.45) is 0 Å². The van der Waals surface area contributed by atoms with Gasteiger partial charge in [0.15, 0.2) is 11.6 Å². The molecule has 1 aromatic carbocycles. The summed E-state index contributed by atoms with van der Waals surface area (Å²) in [4.78, 5) is 18.1. The highest BCUT2D eigenvalue weighted by atomic mass is 19.4. The van der Waals surface area contributed by atoms with E-state index < -0.39 is 23.5 Å². The Kier molecular flexibility index (Phi) is 5.48. The van der Waals surface area contributed by atoms with Crippen molar-refractivity contribution in [2.75, 3.05) is 23.3 Å². The molecular formula is C20H17F4N3O. The van der Waals surface area contributed by atoms with Crippen molar-refractivity contribution in [2.45, 2.75) is 12.6 Å². The Bertz CT molecular complexity index is 920. The van der Waals surface area contributed by atoms with E-state index in [9.17, 15) is 22.4 Å². The summed E-state index contributed by atoms with van der Waals surface area (Å²) in [6.45, 7) is 4.26. The Balaban J connectivity index is 1.64. The van der Waals surface area contributed by atoms with Crippen molar-refractivity contribution in [1.29, 1.82) is 0 Å². The highest BCUT2D eigenvalue weighted by molar-refractivity contribution is 6.04. The largest absolute Gasteiger partial charge is 0.416 e. The van der Waals surface area contributed by atoms with Gasteiger partial charge in [-0.2, -0.15) is 13.2 Å². The molecule has 1 N–H and O–H groups in total. The zero-order valence-electron chi connectivity index (χ0n) is 14.8. The number of pyridine rings is 1. The third-order valence-corrected chi connectivity index (χ3v) is 4.35. The van der Waals surface area contributed by atoms with Crippen molar-refractivity contribution in [3.8, 4) is 0 Å². The second kappa shape index (κ2) is 7.84. The molecule has 2 aromatic rings. The Morgan fingerprint density at radius 1 is 1.25 bits per heavy atom. The molecule has 1 aliphatic heterocycles. The summed E-state index contributed by atoms with van der Waals surface area (Å²) >= 11 is 0. The zero-order chi connectivity index (χ0) is 20.3. The fourth-order valence-electron chi connectivity index (χ4n) is 2.81. The molecule has 0 radical (unpaired) electrons. The molecule has 4 nitrogen and oxygen atoms in total. The summed E-state index contributed by atoms with van der Waals surface area (Å²) in [5, 5.41) is 2.58. The second-order valence-electron chi connectivity index (χ2n) is 6.23. The third kappa shape index (κ3) is 4.39. The first kappa shape index (κ1) is 19.6. The molecule has 1 amide bonds.